The zero-order valence-corrected chi connectivity index (χ0v) is 9.95. The lowest BCUT2D eigenvalue weighted by atomic mass is 10.3. The predicted molar refractivity (Wildman–Crippen MR) is 61.9 cm³/mol. The fourth-order valence-corrected chi connectivity index (χ4v) is 1.78. The van der Waals surface area contributed by atoms with Crippen molar-refractivity contribution >= 4 is 0 Å². The molecule has 1 fully saturated rings. The third-order valence-electron chi connectivity index (χ3n) is 3.27. The molecule has 1 aliphatic carbocycles. The highest BCUT2D eigenvalue weighted by Gasteiger charge is 2.21. The first kappa shape index (κ1) is 10.7. The normalized spacial score (nSPS) is 18.1. The Kier molecular flexibility index (Phi) is 3.10. The van der Waals surface area contributed by atoms with Crippen LogP contribution in [0.1, 0.15) is 31.2 Å². The first-order valence-electron chi connectivity index (χ1n) is 5.88. The van der Waals surface area contributed by atoms with Gasteiger partial charge in [-0.2, -0.15) is 0 Å². The van der Waals surface area contributed by atoms with Crippen LogP contribution < -0.4 is 5.32 Å². The van der Waals surface area contributed by atoms with Gasteiger partial charge in [0.1, 0.15) is 0 Å². The second kappa shape index (κ2) is 4.35. The molecule has 15 heavy (non-hydrogen) atoms. The van der Waals surface area contributed by atoms with Gasteiger partial charge in [0.05, 0.1) is 12.0 Å². The van der Waals surface area contributed by atoms with E-state index >= 15 is 0 Å². The highest BCUT2D eigenvalue weighted by Crippen LogP contribution is 2.27. The van der Waals surface area contributed by atoms with E-state index in [-0.39, 0.29) is 0 Å². The van der Waals surface area contributed by atoms with E-state index in [1.807, 2.05) is 6.33 Å². The van der Waals surface area contributed by atoms with Gasteiger partial charge in [0, 0.05) is 18.3 Å². The standard InChI is InChI=1S/C12H21N3/c1-9(13-6-12-4-5-12)7-15-8-14-10(2)11(15)3/h8-9,12-13H,4-7H2,1-3H3. The van der Waals surface area contributed by atoms with E-state index in [0.29, 0.717) is 6.04 Å². The van der Waals surface area contributed by atoms with Crippen LogP contribution in [-0.2, 0) is 6.54 Å². The van der Waals surface area contributed by atoms with Crippen LogP contribution in [0.15, 0.2) is 6.33 Å². The molecule has 1 aromatic heterocycles. The Morgan fingerprint density at radius 2 is 2.27 bits per heavy atom. The molecule has 1 atom stereocenters. The van der Waals surface area contributed by atoms with Gasteiger partial charge in [0.2, 0.25) is 0 Å². The van der Waals surface area contributed by atoms with Crippen molar-refractivity contribution in [3.8, 4) is 0 Å². The van der Waals surface area contributed by atoms with Gasteiger partial charge in [-0.1, -0.05) is 0 Å². The van der Waals surface area contributed by atoms with Gasteiger partial charge in [-0.05, 0) is 46.1 Å². The predicted octanol–water partition coefficient (Wildman–Crippen LogP) is 1.89. The van der Waals surface area contributed by atoms with Crippen LogP contribution in [0.4, 0.5) is 0 Å². The molecule has 3 nitrogen and oxygen atoms in total. The van der Waals surface area contributed by atoms with E-state index in [4.69, 9.17) is 0 Å². The number of aryl methyl sites for hydroxylation is 1. The lowest BCUT2D eigenvalue weighted by Gasteiger charge is -2.15. The van der Waals surface area contributed by atoms with Gasteiger partial charge >= 0.3 is 0 Å². The molecule has 1 aliphatic rings. The van der Waals surface area contributed by atoms with Crippen molar-refractivity contribution < 1.29 is 0 Å². The van der Waals surface area contributed by atoms with Gasteiger partial charge in [0.15, 0.2) is 0 Å². The number of nitrogens with zero attached hydrogens (tertiary/aromatic N) is 2. The Balaban J connectivity index is 1.81. The second-order valence-electron chi connectivity index (χ2n) is 4.82. The minimum Gasteiger partial charge on any atom is -0.333 e. The van der Waals surface area contributed by atoms with E-state index in [9.17, 15) is 0 Å². The summed E-state index contributed by atoms with van der Waals surface area (Å²) in [5.74, 6) is 0.957. The molecule has 3 heteroatoms. The molecule has 1 unspecified atom stereocenters. The largest absolute Gasteiger partial charge is 0.333 e. The zero-order chi connectivity index (χ0) is 10.8. The molecule has 2 rings (SSSR count). The van der Waals surface area contributed by atoms with Crippen molar-refractivity contribution in [3.05, 3.63) is 17.7 Å². The molecule has 1 saturated carbocycles. The molecule has 1 heterocycles. The van der Waals surface area contributed by atoms with Crippen LogP contribution in [0.2, 0.25) is 0 Å². The Hall–Kier alpha value is -0.830. The van der Waals surface area contributed by atoms with E-state index in [0.717, 1.165) is 18.2 Å². The molecule has 0 aromatic carbocycles. The SMILES string of the molecule is Cc1ncn(CC(C)NCC2CC2)c1C. The summed E-state index contributed by atoms with van der Waals surface area (Å²) in [6.45, 7) is 8.66. The Bertz CT molecular complexity index is 326. The maximum Gasteiger partial charge on any atom is 0.0951 e. The second-order valence-corrected chi connectivity index (χ2v) is 4.82. The highest BCUT2D eigenvalue weighted by molar-refractivity contribution is 5.08. The first-order valence-corrected chi connectivity index (χ1v) is 5.88. The van der Waals surface area contributed by atoms with Gasteiger partial charge in [0.25, 0.3) is 0 Å². The van der Waals surface area contributed by atoms with E-state index in [2.05, 4.69) is 35.6 Å². The number of nitrogens with one attached hydrogen (secondary N) is 1. The minimum atomic E-state index is 0.540. The van der Waals surface area contributed by atoms with Crippen LogP contribution in [-0.4, -0.2) is 22.1 Å². The van der Waals surface area contributed by atoms with Crippen molar-refractivity contribution in [3.63, 3.8) is 0 Å². The maximum absolute atomic E-state index is 4.31. The van der Waals surface area contributed by atoms with Crippen molar-refractivity contribution in [2.75, 3.05) is 6.54 Å². The topological polar surface area (TPSA) is 29.9 Å². The summed E-state index contributed by atoms with van der Waals surface area (Å²) in [6.07, 6.45) is 4.78. The Labute approximate surface area is 91.9 Å². The monoisotopic (exact) mass is 207 g/mol. The van der Waals surface area contributed by atoms with E-state index in [1.165, 1.54) is 25.1 Å². The van der Waals surface area contributed by atoms with E-state index in [1.54, 1.807) is 0 Å². The Morgan fingerprint density at radius 1 is 1.53 bits per heavy atom. The van der Waals surface area contributed by atoms with Crippen molar-refractivity contribution in [2.24, 2.45) is 5.92 Å². The molecular weight excluding hydrogens is 186 g/mol. The summed E-state index contributed by atoms with van der Waals surface area (Å²) < 4.78 is 2.24. The van der Waals surface area contributed by atoms with Crippen LogP contribution in [0.5, 0.6) is 0 Å². The summed E-state index contributed by atoms with van der Waals surface area (Å²) in [5, 5.41) is 3.58. The lowest BCUT2D eigenvalue weighted by Crippen LogP contribution is -2.32. The van der Waals surface area contributed by atoms with Crippen LogP contribution >= 0.6 is 0 Å². The first-order chi connectivity index (χ1) is 7.16. The summed E-state index contributed by atoms with van der Waals surface area (Å²) in [6, 6.07) is 0.540. The van der Waals surface area contributed by atoms with Crippen molar-refractivity contribution in [1.29, 1.82) is 0 Å². The van der Waals surface area contributed by atoms with Crippen molar-refractivity contribution in [1.82, 2.24) is 14.9 Å². The van der Waals surface area contributed by atoms with Gasteiger partial charge < -0.3 is 9.88 Å². The van der Waals surface area contributed by atoms with Crippen LogP contribution in [0.25, 0.3) is 0 Å². The Morgan fingerprint density at radius 3 is 2.80 bits per heavy atom. The number of hydrogen-bond donors (Lipinski definition) is 1. The molecule has 0 spiro atoms. The highest BCUT2D eigenvalue weighted by atomic mass is 15.1. The number of rotatable bonds is 5. The molecule has 1 N–H and O–H groups in total. The summed E-state index contributed by atoms with van der Waals surface area (Å²) >= 11 is 0. The van der Waals surface area contributed by atoms with Crippen LogP contribution in [0, 0.1) is 19.8 Å². The van der Waals surface area contributed by atoms with E-state index < -0.39 is 0 Å². The van der Waals surface area contributed by atoms with Gasteiger partial charge in [-0.25, -0.2) is 4.98 Å². The van der Waals surface area contributed by atoms with Crippen molar-refractivity contribution in [2.45, 2.75) is 46.2 Å². The summed E-state index contributed by atoms with van der Waals surface area (Å²) in [5.41, 5.74) is 2.43. The fraction of sp³-hybridized carbons (Fsp3) is 0.750. The quantitative estimate of drug-likeness (QED) is 0.799. The lowest BCUT2D eigenvalue weighted by molar-refractivity contribution is 0.462. The smallest absolute Gasteiger partial charge is 0.0951 e. The molecule has 1 aromatic rings. The average molecular weight is 207 g/mol. The summed E-state index contributed by atoms with van der Waals surface area (Å²) in [7, 11) is 0. The van der Waals surface area contributed by atoms with Gasteiger partial charge in [-0.3, -0.25) is 0 Å². The molecule has 0 saturated heterocycles. The minimum absolute atomic E-state index is 0.540. The third-order valence-corrected chi connectivity index (χ3v) is 3.27. The number of aromatic nitrogens is 2. The van der Waals surface area contributed by atoms with Crippen LogP contribution in [0.3, 0.4) is 0 Å². The third kappa shape index (κ3) is 2.81. The molecule has 0 radical (unpaired) electrons. The van der Waals surface area contributed by atoms with Gasteiger partial charge in [-0.15, -0.1) is 0 Å². The summed E-state index contributed by atoms with van der Waals surface area (Å²) in [4.78, 5) is 4.31. The maximum atomic E-state index is 4.31. The molecule has 0 amide bonds. The fourth-order valence-electron chi connectivity index (χ4n) is 1.78. The number of hydrogen-bond acceptors (Lipinski definition) is 2. The molecule has 0 bridgehead atoms. The zero-order valence-electron chi connectivity index (χ0n) is 9.95. The molecular formula is C12H21N3. The molecule has 84 valence electrons. The number of imidazole rings is 1. The molecule has 0 aliphatic heterocycles. The average Bonchev–Trinajstić information content (AvgIpc) is 2.98.